The van der Waals surface area contributed by atoms with E-state index in [1.165, 1.54) is 5.56 Å². The van der Waals surface area contributed by atoms with Gasteiger partial charge in [0, 0.05) is 12.2 Å². The quantitative estimate of drug-likeness (QED) is 0.819. The zero-order chi connectivity index (χ0) is 13.8. The minimum Gasteiger partial charge on any atom is -0.451 e. The Morgan fingerprint density at radius 1 is 1.21 bits per heavy atom. The third-order valence-corrected chi connectivity index (χ3v) is 4.30. The lowest BCUT2D eigenvalue weighted by atomic mass is 10.2. The van der Waals surface area contributed by atoms with E-state index in [0.717, 1.165) is 27.1 Å². The highest BCUT2D eigenvalue weighted by molar-refractivity contribution is 9.13. The molecule has 1 N–H and O–H groups in total. The molecule has 0 radical (unpaired) electrons. The van der Waals surface area contributed by atoms with E-state index in [-0.39, 0.29) is 0 Å². The molecule has 1 heterocycles. The summed E-state index contributed by atoms with van der Waals surface area (Å²) < 4.78 is 7.19. The summed E-state index contributed by atoms with van der Waals surface area (Å²) in [4.78, 5) is 2.15. The number of anilines is 1. The number of halogens is 2. The van der Waals surface area contributed by atoms with Gasteiger partial charge >= 0.3 is 0 Å². The number of furan rings is 1. The minimum atomic E-state index is 0.662. The third kappa shape index (κ3) is 4.37. The van der Waals surface area contributed by atoms with Crippen molar-refractivity contribution in [2.75, 3.05) is 19.4 Å². The van der Waals surface area contributed by atoms with E-state index in [9.17, 15) is 0 Å². The molecule has 0 amide bonds. The van der Waals surface area contributed by atoms with Gasteiger partial charge in [-0.05, 0) is 69.7 Å². The van der Waals surface area contributed by atoms with E-state index in [1.54, 1.807) is 0 Å². The van der Waals surface area contributed by atoms with Crippen LogP contribution in [0.15, 0.2) is 43.9 Å². The molecule has 0 saturated heterocycles. The largest absolute Gasteiger partial charge is 0.451 e. The molecule has 0 bridgehead atoms. The molecule has 2 aromatic rings. The maximum absolute atomic E-state index is 5.53. The van der Waals surface area contributed by atoms with Gasteiger partial charge in [-0.1, -0.05) is 12.1 Å². The molecule has 2 rings (SSSR count). The van der Waals surface area contributed by atoms with Crippen molar-refractivity contribution in [3.8, 4) is 0 Å². The van der Waals surface area contributed by atoms with Crippen molar-refractivity contribution in [1.29, 1.82) is 0 Å². The first kappa shape index (κ1) is 14.6. The molecular weight excluding hydrogens is 372 g/mol. The zero-order valence-electron chi connectivity index (χ0n) is 10.9. The normalized spacial score (nSPS) is 11.0. The van der Waals surface area contributed by atoms with Crippen molar-refractivity contribution >= 4 is 37.5 Å². The molecule has 0 aliphatic heterocycles. The highest BCUT2D eigenvalue weighted by Gasteiger charge is 2.05. The highest BCUT2D eigenvalue weighted by Crippen LogP contribution is 2.27. The standard InChI is InChI=1S/C14H16Br2N2O/c1-18(2)9-10-4-3-5-11(6-10)17-8-12-7-13(15)14(16)19-12/h3-7,17H,8-9H2,1-2H3. The molecule has 0 fully saturated rings. The van der Waals surface area contributed by atoms with Crippen LogP contribution in [0.25, 0.3) is 0 Å². The fourth-order valence-electron chi connectivity index (χ4n) is 1.81. The molecule has 5 heteroatoms. The van der Waals surface area contributed by atoms with Gasteiger partial charge < -0.3 is 14.6 Å². The smallest absolute Gasteiger partial charge is 0.183 e. The van der Waals surface area contributed by atoms with Crippen LogP contribution in [0.5, 0.6) is 0 Å². The van der Waals surface area contributed by atoms with Crippen molar-refractivity contribution in [1.82, 2.24) is 4.90 Å². The van der Waals surface area contributed by atoms with E-state index in [0.29, 0.717) is 6.54 Å². The highest BCUT2D eigenvalue weighted by atomic mass is 79.9. The summed E-state index contributed by atoms with van der Waals surface area (Å²) in [5, 5.41) is 3.36. The second-order valence-corrected chi connectivity index (χ2v) is 6.20. The molecule has 0 aliphatic carbocycles. The van der Waals surface area contributed by atoms with Gasteiger partial charge in [0.25, 0.3) is 0 Å². The zero-order valence-corrected chi connectivity index (χ0v) is 14.1. The topological polar surface area (TPSA) is 28.4 Å². The monoisotopic (exact) mass is 386 g/mol. The number of nitrogens with zero attached hydrogens (tertiary/aromatic N) is 1. The van der Waals surface area contributed by atoms with Gasteiger partial charge in [-0.3, -0.25) is 0 Å². The molecule has 1 aromatic heterocycles. The number of benzene rings is 1. The van der Waals surface area contributed by atoms with Crippen LogP contribution in [0.4, 0.5) is 5.69 Å². The third-order valence-electron chi connectivity index (χ3n) is 2.59. The fraction of sp³-hybridized carbons (Fsp3) is 0.286. The number of rotatable bonds is 5. The van der Waals surface area contributed by atoms with Crippen LogP contribution < -0.4 is 5.32 Å². The Bertz CT molecular complexity index is 533. The lowest BCUT2D eigenvalue weighted by molar-refractivity contribution is 0.402. The van der Waals surface area contributed by atoms with Crippen LogP contribution >= 0.6 is 31.9 Å². The Morgan fingerprint density at radius 3 is 2.63 bits per heavy atom. The second kappa shape index (κ2) is 6.59. The Hall–Kier alpha value is -0.780. The summed E-state index contributed by atoms with van der Waals surface area (Å²) in [6, 6.07) is 10.4. The van der Waals surface area contributed by atoms with Gasteiger partial charge in [-0.2, -0.15) is 0 Å². The van der Waals surface area contributed by atoms with E-state index < -0.39 is 0 Å². The predicted octanol–water partition coefficient (Wildman–Crippen LogP) is 4.48. The average molecular weight is 388 g/mol. The summed E-state index contributed by atoms with van der Waals surface area (Å²) in [7, 11) is 4.13. The molecule has 0 aliphatic rings. The summed E-state index contributed by atoms with van der Waals surface area (Å²) in [6.07, 6.45) is 0. The van der Waals surface area contributed by atoms with Gasteiger partial charge in [0.2, 0.25) is 0 Å². The Balaban J connectivity index is 1.99. The number of hydrogen-bond donors (Lipinski definition) is 1. The van der Waals surface area contributed by atoms with Crippen LogP contribution in [0.2, 0.25) is 0 Å². The molecule has 3 nitrogen and oxygen atoms in total. The molecule has 1 aromatic carbocycles. The molecule has 0 saturated carbocycles. The van der Waals surface area contributed by atoms with Gasteiger partial charge in [0.05, 0.1) is 11.0 Å². The number of nitrogens with one attached hydrogen (secondary N) is 1. The molecule has 0 atom stereocenters. The first-order chi connectivity index (χ1) is 9.04. The van der Waals surface area contributed by atoms with Gasteiger partial charge in [-0.25, -0.2) is 0 Å². The van der Waals surface area contributed by atoms with Crippen LogP contribution in [0.1, 0.15) is 11.3 Å². The second-order valence-electron chi connectivity index (χ2n) is 4.63. The average Bonchev–Trinajstić information content (AvgIpc) is 2.66. The molecule has 0 unspecified atom stereocenters. The first-order valence-electron chi connectivity index (χ1n) is 5.96. The molecular formula is C14H16Br2N2O. The lowest BCUT2D eigenvalue weighted by Gasteiger charge is -2.11. The minimum absolute atomic E-state index is 0.662. The van der Waals surface area contributed by atoms with Crippen molar-refractivity contribution in [2.45, 2.75) is 13.1 Å². The Morgan fingerprint density at radius 2 is 2.00 bits per heavy atom. The lowest BCUT2D eigenvalue weighted by Crippen LogP contribution is -2.10. The van der Waals surface area contributed by atoms with Gasteiger partial charge in [0.1, 0.15) is 5.76 Å². The summed E-state index contributed by atoms with van der Waals surface area (Å²) in [5.41, 5.74) is 2.39. The van der Waals surface area contributed by atoms with Crippen molar-refractivity contribution in [3.63, 3.8) is 0 Å². The summed E-state index contributed by atoms with van der Waals surface area (Å²) >= 11 is 6.74. The fourth-order valence-corrected chi connectivity index (χ4v) is 2.47. The molecule has 102 valence electrons. The summed E-state index contributed by atoms with van der Waals surface area (Å²) in [5.74, 6) is 0.886. The van der Waals surface area contributed by atoms with Crippen LogP contribution in [-0.4, -0.2) is 19.0 Å². The van der Waals surface area contributed by atoms with E-state index in [2.05, 4.69) is 80.4 Å². The maximum Gasteiger partial charge on any atom is 0.183 e. The van der Waals surface area contributed by atoms with Gasteiger partial charge in [-0.15, -0.1) is 0 Å². The van der Waals surface area contributed by atoms with Gasteiger partial charge in [0.15, 0.2) is 4.67 Å². The molecule has 0 spiro atoms. The van der Waals surface area contributed by atoms with Crippen LogP contribution in [0.3, 0.4) is 0 Å². The van der Waals surface area contributed by atoms with Crippen molar-refractivity contribution < 1.29 is 4.42 Å². The van der Waals surface area contributed by atoms with Crippen molar-refractivity contribution in [3.05, 3.63) is 50.8 Å². The number of hydrogen-bond acceptors (Lipinski definition) is 3. The Kier molecular flexibility index (Phi) is 5.07. The summed E-state index contributed by atoms with van der Waals surface area (Å²) in [6.45, 7) is 1.60. The van der Waals surface area contributed by atoms with E-state index in [4.69, 9.17) is 4.42 Å². The first-order valence-corrected chi connectivity index (χ1v) is 7.54. The predicted molar refractivity (Wildman–Crippen MR) is 85.3 cm³/mol. The molecule has 19 heavy (non-hydrogen) atoms. The van der Waals surface area contributed by atoms with E-state index >= 15 is 0 Å². The maximum atomic E-state index is 5.53. The van der Waals surface area contributed by atoms with Crippen LogP contribution in [-0.2, 0) is 13.1 Å². The van der Waals surface area contributed by atoms with E-state index in [1.807, 2.05) is 6.07 Å². The van der Waals surface area contributed by atoms with Crippen LogP contribution in [0, 0.1) is 0 Å². The Labute approximate surface area is 130 Å². The van der Waals surface area contributed by atoms with Crippen molar-refractivity contribution in [2.24, 2.45) is 0 Å². The SMILES string of the molecule is CN(C)Cc1cccc(NCc2cc(Br)c(Br)o2)c1.